The van der Waals surface area contributed by atoms with Gasteiger partial charge in [0.2, 0.25) is 0 Å². The number of carbonyl (C=O) groups excluding carboxylic acids is 4. The summed E-state index contributed by atoms with van der Waals surface area (Å²) in [4.78, 5) is 55.6. The number of aryl methyl sites for hydroxylation is 4. The van der Waals surface area contributed by atoms with Gasteiger partial charge in [-0.3, -0.25) is 28.5 Å². The van der Waals surface area contributed by atoms with E-state index in [1.807, 2.05) is 110 Å². The van der Waals surface area contributed by atoms with Crippen LogP contribution in [0.25, 0.3) is 45.0 Å². The van der Waals surface area contributed by atoms with Crippen LogP contribution < -0.4 is 27.8 Å². The lowest BCUT2D eigenvalue weighted by atomic mass is 9.93. The number of guanidine groups is 1. The molecule has 8 aromatic rings. The van der Waals surface area contributed by atoms with Crippen molar-refractivity contribution in [3.8, 4) is 45.0 Å². The highest BCUT2D eigenvalue weighted by Crippen LogP contribution is 2.42. The van der Waals surface area contributed by atoms with E-state index >= 15 is 0 Å². The average molecular weight is 1950 g/mol. The van der Waals surface area contributed by atoms with Crippen molar-refractivity contribution in [1.29, 1.82) is 0 Å². The predicted octanol–water partition coefficient (Wildman–Crippen LogP) is 22.2. The van der Waals surface area contributed by atoms with E-state index < -0.39 is 14.1 Å². The number of unbranched alkanes of at least 4 members (excludes halogenated alkanes) is 2. The van der Waals surface area contributed by atoms with Gasteiger partial charge in [0.1, 0.15) is 0 Å². The van der Waals surface area contributed by atoms with Gasteiger partial charge in [-0.25, -0.2) is 18.8 Å². The summed E-state index contributed by atoms with van der Waals surface area (Å²) in [5, 5.41) is 28.2. The molecule has 4 aromatic heterocycles. The fourth-order valence-corrected chi connectivity index (χ4v) is 15.9. The zero-order valence-electron chi connectivity index (χ0n) is 65.8. The number of aromatic nitrogens is 8. The van der Waals surface area contributed by atoms with Crippen LogP contribution in [0.4, 0.5) is 19.2 Å². The number of nitrogens with two attached hydrogens (primary N) is 3. The molecule has 118 heavy (non-hydrogen) atoms. The van der Waals surface area contributed by atoms with Crippen LogP contribution in [0, 0.1) is 0 Å². The van der Waals surface area contributed by atoms with Crippen LogP contribution in [0.2, 0.25) is 40.2 Å². The van der Waals surface area contributed by atoms with E-state index in [-0.39, 0.29) is 23.4 Å². The van der Waals surface area contributed by atoms with Crippen LogP contribution in [0.3, 0.4) is 0 Å². The van der Waals surface area contributed by atoms with E-state index in [0.717, 1.165) is 160 Å². The number of carbonyl (C=O) groups is 4. The van der Waals surface area contributed by atoms with Gasteiger partial charge in [-0.1, -0.05) is 168 Å². The molecule has 0 radical (unpaired) electrons. The van der Waals surface area contributed by atoms with Gasteiger partial charge in [-0.15, -0.1) is 0 Å². The highest BCUT2D eigenvalue weighted by Gasteiger charge is 2.34. The molecule has 0 saturated carbocycles. The molecular weight excluding hydrogens is 1850 g/mol. The largest absolute Gasteiger partial charge is 0.515 e. The van der Waals surface area contributed by atoms with Crippen molar-refractivity contribution in [1.82, 2.24) is 68.9 Å². The van der Waals surface area contributed by atoms with E-state index in [0.29, 0.717) is 110 Å². The minimum Gasteiger partial charge on any atom is -0.382 e. The Labute approximate surface area is 768 Å². The average Bonchev–Trinajstić information content (AvgIpc) is 1.67. The normalized spacial score (nSPS) is 15.0. The summed E-state index contributed by atoms with van der Waals surface area (Å²) in [6.45, 7) is 13.0. The number of nitrogens with one attached hydrogen (secondary N) is 2. The maximum absolute atomic E-state index is 12.3. The van der Waals surface area contributed by atoms with Gasteiger partial charge < -0.3 is 52.0 Å². The molecule has 12 rings (SSSR count). The van der Waals surface area contributed by atoms with Crippen molar-refractivity contribution in [2.75, 3.05) is 78.5 Å². The van der Waals surface area contributed by atoms with Crippen LogP contribution in [-0.2, 0) is 37.7 Å². The zero-order valence-corrected chi connectivity index (χ0v) is 77.9. The van der Waals surface area contributed by atoms with E-state index in [9.17, 15) is 19.2 Å². The first-order valence-electron chi connectivity index (χ1n) is 38.1. The van der Waals surface area contributed by atoms with Crippen molar-refractivity contribution in [2.45, 2.75) is 129 Å². The van der Waals surface area contributed by atoms with Crippen LogP contribution in [-0.4, -0.2) is 174 Å². The fraction of sp³-hybridized carbons (Fsp3) is 0.474. The Morgan fingerprint density at radius 1 is 0.449 bits per heavy atom. The molecule has 4 saturated heterocycles. The maximum Gasteiger partial charge on any atom is 0.515 e. The number of alkyl halides is 6. The smallest absolute Gasteiger partial charge is 0.382 e. The Kier molecular flexibility index (Phi) is 41.3. The molecule has 0 spiro atoms. The Bertz CT molecular complexity index is 4570. The number of halogens is 16. The molecule has 40 heteroatoms. The summed E-state index contributed by atoms with van der Waals surface area (Å²) in [7, 11) is 7.80. The Morgan fingerprint density at radius 3 is 0.983 bits per heavy atom. The van der Waals surface area contributed by atoms with Gasteiger partial charge in [-0.05, 0) is 219 Å². The van der Waals surface area contributed by atoms with Gasteiger partial charge in [0, 0.05) is 169 Å². The van der Waals surface area contributed by atoms with E-state index in [1.165, 1.54) is 24.2 Å². The minimum absolute atomic E-state index is 0.0467. The van der Waals surface area contributed by atoms with E-state index in [4.69, 9.17) is 203 Å². The summed E-state index contributed by atoms with van der Waals surface area (Å²) in [5.41, 5.74) is 27.1. The quantitative estimate of drug-likeness (QED) is 0.00828. The molecule has 4 aromatic carbocycles. The highest BCUT2D eigenvalue weighted by atomic mass is 35.6. The molecule has 8 heterocycles. The number of hydrogen-bond acceptors (Lipinski definition) is 13. The monoisotopic (exact) mass is 1940 g/mol. The third-order valence-electron chi connectivity index (χ3n) is 19.7. The molecule has 24 nitrogen and oxygen atoms in total. The first-order chi connectivity index (χ1) is 55.9. The number of amides is 5. The fourth-order valence-electron chi connectivity index (χ4n) is 13.5. The number of aliphatic imine (C=N–C) groups is 1. The molecule has 4 aliphatic heterocycles. The molecule has 4 aliphatic rings. The lowest BCUT2D eigenvalue weighted by Crippen LogP contribution is -2.44. The van der Waals surface area contributed by atoms with Crippen LogP contribution >= 0.6 is 186 Å². The van der Waals surface area contributed by atoms with Crippen molar-refractivity contribution >= 4 is 215 Å². The molecule has 646 valence electrons. The van der Waals surface area contributed by atoms with Gasteiger partial charge in [0.25, 0.3) is 0 Å². The Morgan fingerprint density at radius 2 is 0.729 bits per heavy atom. The first-order valence-corrected chi connectivity index (χ1v) is 44.1. The summed E-state index contributed by atoms with van der Waals surface area (Å²) >= 11 is 91.5. The molecular formula is C78H96Cl16N18O6. The number of hydrogen-bond donors (Lipinski definition) is 5. The molecule has 0 bridgehead atoms. The second kappa shape index (κ2) is 48.8. The number of rotatable bonds is 17. The van der Waals surface area contributed by atoms with Crippen molar-refractivity contribution in [2.24, 2.45) is 50.4 Å². The third-order valence-corrected chi connectivity index (χ3v) is 24.0. The third kappa shape index (κ3) is 31.0. The number of urea groups is 2. The topological polar surface area (TPSA) is 285 Å². The second-order valence-corrected chi connectivity index (χ2v) is 36.2. The lowest BCUT2D eigenvalue weighted by molar-refractivity contribution is 0.0508. The second-order valence-electron chi connectivity index (χ2n) is 27.9. The Balaban J connectivity index is 0.000000205. The van der Waals surface area contributed by atoms with E-state index in [2.05, 4.69) is 83.6 Å². The van der Waals surface area contributed by atoms with Crippen molar-refractivity contribution in [3.63, 3.8) is 0 Å². The standard InChI is InChI=1S/C20H27Cl2N7O.C20H26Cl2N4O.C16H16Cl3N3O.C15H16Cl3N3.C4H11N.C3Cl6O3/c1-28-17(12-16(27-28)14-4-2-5-15(21)18(14)22)13-6-10-29(11-7-13)20(30)26-9-3-8-25-19(23)24;1-3-4-10-23-20(27)26-11-8-14(9-12-26)18-13-17(24-25(18)2)15-6-5-7-16(21)19(15)22;1-21-14(10-5-7-22(8-6-10)16(19)23)9-13(20-21)11-3-2-4-12(17)15(11)18;1-20-14(10-5-7-21(18)8-6-10)9-13(19-20)11-3-2-4-12(16)15(11)17;1-2-3-4-5;4-2(5,6)11-1(10)12-3(7,8)9/h2,4-5,12-13H,3,6-11H2,1H3,(H,26,30)(H4,23,24,25);5-7,13-14H,3-4,8-12H2,1-2H3,(H,23,27);2-4,9-10H,5-8H2,1H3;2-4,9-10H,5-8H2,1H3;2-5H2,1H3;. The number of ether oxygens (including phenoxy) is 2. The van der Waals surface area contributed by atoms with Crippen LogP contribution in [0.1, 0.15) is 144 Å². The number of nitrogens with zero attached hydrogens (tertiary/aromatic N) is 13. The predicted molar refractivity (Wildman–Crippen MR) is 485 cm³/mol. The SMILES string of the molecule is CCCCN.CCCCNC(=O)N1CCC(c2cc(-c3cccc(Cl)c3Cl)nn2C)CC1.Cn1nc(-c2cccc(Cl)c2Cl)cc1C1CCN(C(=O)Cl)CC1.Cn1nc(-c2cccc(Cl)c2Cl)cc1C1CCN(C(=O)NCCCN=C(N)N)CC1.Cn1nc(-c2cccc(Cl)c2Cl)cc1C1CCN(Cl)CC1.O=C(OC(Cl)(Cl)Cl)OC(Cl)(Cl)Cl. The molecule has 8 N–H and O–H groups in total. The summed E-state index contributed by atoms with van der Waals surface area (Å²) in [5.74, 6) is 1.63. The molecule has 4 fully saturated rings. The summed E-state index contributed by atoms with van der Waals surface area (Å²) in [6, 6.07) is 30.6. The first kappa shape index (κ1) is 99.9. The number of likely N-dealkylation sites (tertiary alicyclic amines) is 3. The number of piperidine rings is 4. The molecule has 5 amide bonds. The van der Waals surface area contributed by atoms with Gasteiger partial charge in [-0.2, -0.15) is 20.4 Å². The Hall–Kier alpha value is -5.17. The van der Waals surface area contributed by atoms with Crippen molar-refractivity contribution < 1.29 is 28.7 Å². The van der Waals surface area contributed by atoms with Gasteiger partial charge in [0.05, 0.1) is 63.0 Å². The maximum atomic E-state index is 12.3. The van der Waals surface area contributed by atoms with E-state index in [1.54, 1.807) is 29.2 Å². The number of benzene rings is 4. The highest BCUT2D eigenvalue weighted by molar-refractivity contribution is 6.67. The van der Waals surface area contributed by atoms with Crippen molar-refractivity contribution in [3.05, 3.63) is 160 Å². The van der Waals surface area contributed by atoms with Gasteiger partial charge >= 0.3 is 31.5 Å². The summed E-state index contributed by atoms with van der Waals surface area (Å²) in [6.07, 6.45) is 11.3. The zero-order chi connectivity index (χ0) is 86.7. The van der Waals surface area contributed by atoms with Gasteiger partial charge in [0.15, 0.2) is 5.96 Å². The van der Waals surface area contributed by atoms with Crippen LogP contribution in [0.15, 0.2) is 102 Å². The minimum atomic E-state index is -2.24. The molecule has 0 unspecified atom stereocenters. The molecule has 0 atom stereocenters. The lowest BCUT2D eigenvalue weighted by Gasteiger charge is -2.32. The molecule has 0 aliphatic carbocycles. The summed E-state index contributed by atoms with van der Waals surface area (Å²) < 4.78 is 13.0. The van der Waals surface area contributed by atoms with Crippen LogP contribution in [0.5, 0.6) is 0 Å².